The zero-order valence-corrected chi connectivity index (χ0v) is 31.7. The van der Waals surface area contributed by atoms with Gasteiger partial charge in [-0.3, -0.25) is 0 Å². The van der Waals surface area contributed by atoms with Gasteiger partial charge in [0.15, 0.2) is 0 Å². The van der Waals surface area contributed by atoms with E-state index in [0.29, 0.717) is 0 Å². The molecule has 0 N–H and O–H groups in total. The molecule has 0 saturated heterocycles. The zero-order valence-electron chi connectivity index (χ0n) is 31.7. The van der Waals surface area contributed by atoms with Crippen LogP contribution in [0.1, 0.15) is 25.0 Å². The Balaban J connectivity index is 1.15. The fourth-order valence-electron chi connectivity index (χ4n) is 8.95. The SMILES string of the molecule is CC1(C)c2ccccc2-c2ccc(N(c3ccc(-c4cccc5c(-c6ccccc6)ccc(-c6ccccc6)c45)cc3)c3ccccc3-c3ccccc3)cc21. The van der Waals surface area contributed by atoms with Gasteiger partial charge in [0.05, 0.1) is 5.69 Å². The van der Waals surface area contributed by atoms with Gasteiger partial charge in [0.2, 0.25) is 0 Å². The lowest BCUT2D eigenvalue weighted by molar-refractivity contribution is 0.660. The summed E-state index contributed by atoms with van der Waals surface area (Å²) in [6, 6.07) is 77.5. The molecule has 0 aromatic heterocycles. The van der Waals surface area contributed by atoms with Crippen LogP contribution < -0.4 is 4.90 Å². The highest BCUT2D eigenvalue weighted by molar-refractivity contribution is 6.12. The topological polar surface area (TPSA) is 3.24 Å². The van der Waals surface area contributed by atoms with Crippen LogP contribution in [-0.4, -0.2) is 0 Å². The standard InChI is InChI=1S/C55H41N/c1-55(2)51-27-14-12-24-48(51)49-34-33-43(37-52(49)55)56(53-28-15-13-23-45(53)39-19-8-4-9-20-39)42-31-29-41(30-32-42)46-25-16-26-50-44(38-17-6-3-7-18-38)35-36-47(54(46)50)40-21-10-5-11-22-40/h3-37H,1-2H3. The first-order valence-electron chi connectivity index (χ1n) is 19.5. The van der Waals surface area contributed by atoms with Crippen LogP contribution in [0.5, 0.6) is 0 Å². The first-order chi connectivity index (χ1) is 27.6. The second-order valence-corrected chi connectivity index (χ2v) is 15.3. The molecule has 0 aliphatic heterocycles. The summed E-state index contributed by atoms with van der Waals surface area (Å²) in [6.07, 6.45) is 0. The molecule has 10 rings (SSSR count). The van der Waals surface area contributed by atoms with E-state index >= 15 is 0 Å². The molecule has 0 amide bonds. The minimum atomic E-state index is -0.111. The molecule has 266 valence electrons. The predicted molar refractivity (Wildman–Crippen MR) is 238 cm³/mol. The van der Waals surface area contributed by atoms with Gasteiger partial charge in [-0.1, -0.05) is 196 Å². The number of fused-ring (bicyclic) bond motifs is 4. The highest BCUT2D eigenvalue weighted by Crippen LogP contribution is 2.51. The number of rotatable bonds is 7. The summed E-state index contributed by atoms with van der Waals surface area (Å²) in [5.41, 5.74) is 18.4. The number of benzene rings is 9. The molecule has 0 unspecified atom stereocenters. The smallest absolute Gasteiger partial charge is 0.0540 e. The van der Waals surface area contributed by atoms with Crippen molar-refractivity contribution in [3.8, 4) is 55.6 Å². The Bertz CT molecular complexity index is 2850. The summed E-state index contributed by atoms with van der Waals surface area (Å²) in [7, 11) is 0. The summed E-state index contributed by atoms with van der Waals surface area (Å²) < 4.78 is 0. The first kappa shape index (κ1) is 33.6. The van der Waals surface area contributed by atoms with Gasteiger partial charge in [-0.15, -0.1) is 0 Å². The van der Waals surface area contributed by atoms with Crippen molar-refractivity contribution in [1.82, 2.24) is 0 Å². The molecule has 1 heteroatoms. The van der Waals surface area contributed by atoms with Crippen molar-refractivity contribution in [1.29, 1.82) is 0 Å². The van der Waals surface area contributed by atoms with Crippen molar-refractivity contribution >= 4 is 27.8 Å². The molecule has 9 aromatic rings. The monoisotopic (exact) mass is 715 g/mol. The Hall–Kier alpha value is -6.96. The molecule has 0 bridgehead atoms. The Kier molecular flexibility index (Phi) is 8.23. The van der Waals surface area contributed by atoms with Crippen molar-refractivity contribution in [3.05, 3.63) is 223 Å². The molecule has 1 aliphatic rings. The fourth-order valence-corrected chi connectivity index (χ4v) is 8.95. The third-order valence-electron chi connectivity index (χ3n) is 11.7. The van der Waals surface area contributed by atoms with Gasteiger partial charge in [0, 0.05) is 22.4 Å². The number of hydrogen-bond donors (Lipinski definition) is 0. The summed E-state index contributed by atoms with van der Waals surface area (Å²) in [4.78, 5) is 2.44. The highest BCUT2D eigenvalue weighted by atomic mass is 15.1. The van der Waals surface area contributed by atoms with E-state index in [-0.39, 0.29) is 5.41 Å². The third-order valence-corrected chi connectivity index (χ3v) is 11.7. The van der Waals surface area contributed by atoms with Gasteiger partial charge in [0.25, 0.3) is 0 Å². The molecule has 0 spiro atoms. The van der Waals surface area contributed by atoms with Crippen LogP contribution in [0, 0.1) is 0 Å². The minimum absolute atomic E-state index is 0.111. The molecule has 1 aliphatic carbocycles. The molecule has 0 saturated carbocycles. The van der Waals surface area contributed by atoms with Crippen LogP contribution in [0.25, 0.3) is 66.4 Å². The first-order valence-corrected chi connectivity index (χ1v) is 19.5. The van der Waals surface area contributed by atoms with E-state index in [4.69, 9.17) is 0 Å². The number of nitrogens with zero attached hydrogens (tertiary/aromatic N) is 1. The Morgan fingerprint density at radius 2 is 0.786 bits per heavy atom. The van der Waals surface area contributed by atoms with Crippen LogP contribution in [0.15, 0.2) is 212 Å². The molecular weight excluding hydrogens is 675 g/mol. The average Bonchev–Trinajstić information content (AvgIpc) is 3.50. The maximum absolute atomic E-state index is 2.44. The molecule has 0 radical (unpaired) electrons. The van der Waals surface area contributed by atoms with E-state index in [9.17, 15) is 0 Å². The van der Waals surface area contributed by atoms with E-state index < -0.39 is 0 Å². The fraction of sp³-hybridized carbons (Fsp3) is 0.0545. The lowest BCUT2D eigenvalue weighted by atomic mass is 9.82. The highest BCUT2D eigenvalue weighted by Gasteiger charge is 2.36. The number of para-hydroxylation sites is 1. The van der Waals surface area contributed by atoms with Crippen LogP contribution in [0.3, 0.4) is 0 Å². The van der Waals surface area contributed by atoms with Crippen LogP contribution in [0.2, 0.25) is 0 Å². The molecule has 1 nitrogen and oxygen atoms in total. The van der Waals surface area contributed by atoms with Crippen molar-refractivity contribution in [2.24, 2.45) is 0 Å². The number of anilines is 3. The summed E-state index contributed by atoms with van der Waals surface area (Å²) in [5.74, 6) is 0. The number of hydrogen-bond acceptors (Lipinski definition) is 1. The van der Waals surface area contributed by atoms with Gasteiger partial charge in [0.1, 0.15) is 0 Å². The normalized spacial score (nSPS) is 12.6. The van der Waals surface area contributed by atoms with E-state index in [0.717, 1.165) is 17.1 Å². The molecule has 0 heterocycles. The van der Waals surface area contributed by atoms with E-state index in [1.807, 2.05) is 0 Å². The van der Waals surface area contributed by atoms with E-state index in [1.165, 1.54) is 77.5 Å². The van der Waals surface area contributed by atoms with Crippen molar-refractivity contribution in [3.63, 3.8) is 0 Å². The minimum Gasteiger partial charge on any atom is -0.310 e. The van der Waals surface area contributed by atoms with Gasteiger partial charge in [-0.05, 0) is 102 Å². The molecule has 0 fully saturated rings. The lowest BCUT2D eigenvalue weighted by Crippen LogP contribution is -2.16. The van der Waals surface area contributed by atoms with E-state index in [2.05, 4.69) is 231 Å². The maximum atomic E-state index is 2.44. The maximum Gasteiger partial charge on any atom is 0.0540 e. The molecule has 9 aromatic carbocycles. The summed E-state index contributed by atoms with van der Waals surface area (Å²) >= 11 is 0. The Morgan fingerprint density at radius 1 is 0.321 bits per heavy atom. The summed E-state index contributed by atoms with van der Waals surface area (Å²) in [6.45, 7) is 4.71. The lowest BCUT2D eigenvalue weighted by Gasteiger charge is -2.30. The molecule has 56 heavy (non-hydrogen) atoms. The van der Waals surface area contributed by atoms with Gasteiger partial charge < -0.3 is 4.90 Å². The average molecular weight is 716 g/mol. The van der Waals surface area contributed by atoms with Crippen LogP contribution in [0.4, 0.5) is 17.1 Å². The predicted octanol–water partition coefficient (Wildman–Crippen LogP) is 15.3. The quantitative estimate of drug-likeness (QED) is 0.159. The second kappa shape index (κ2) is 13.7. The molecule has 0 atom stereocenters. The largest absolute Gasteiger partial charge is 0.310 e. The van der Waals surface area contributed by atoms with Crippen LogP contribution in [-0.2, 0) is 5.41 Å². The van der Waals surface area contributed by atoms with E-state index in [1.54, 1.807) is 0 Å². The van der Waals surface area contributed by atoms with Crippen molar-refractivity contribution < 1.29 is 0 Å². The Labute approximate surface area is 329 Å². The third kappa shape index (κ3) is 5.63. The molecular formula is C55H41N. The van der Waals surface area contributed by atoms with Gasteiger partial charge >= 0.3 is 0 Å². The zero-order chi connectivity index (χ0) is 37.6. The van der Waals surface area contributed by atoms with Gasteiger partial charge in [-0.2, -0.15) is 0 Å². The Morgan fingerprint density at radius 3 is 1.48 bits per heavy atom. The second-order valence-electron chi connectivity index (χ2n) is 15.3. The van der Waals surface area contributed by atoms with Crippen LogP contribution >= 0.6 is 0 Å². The van der Waals surface area contributed by atoms with Gasteiger partial charge in [-0.25, -0.2) is 0 Å². The van der Waals surface area contributed by atoms with Crippen molar-refractivity contribution in [2.45, 2.75) is 19.3 Å². The summed E-state index contributed by atoms with van der Waals surface area (Å²) in [5, 5.41) is 2.51. The van der Waals surface area contributed by atoms with Crippen molar-refractivity contribution in [2.75, 3.05) is 4.90 Å².